The Morgan fingerprint density at radius 2 is 2.12 bits per heavy atom. The van der Waals surface area contributed by atoms with Crippen LogP contribution >= 0.6 is 0 Å². The summed E-state index contributed by atoms with van der Waals surface area (Å²) in [4.78, 5) is -0.156. The minimum Gasteiger partial charge on any atom is -0.394 e. The molecule has 0 saturated carbocycles. The van der Waals surface area contributed by atoms with E-state index in [0.717, 1.165) is 4.31 Å². The summed E-state index contributed by atoms with van der Waals surface area (Å²) in [6, 6.07) is 6.39. The van der Waals surface area contributed by atoms with Crippen molar-refractivity contribution in [3.8, 4) is 6.07 Å². The molecule has 0 bridgehead atoms. The molecule has 132 valence electrons. The van der Waals surface area contributed by atoms with Gasteiger partial charge in [-0.25, -0.2) is 16.8 Å². The van der Waals surface area contributed by atoms with Crippen LogP contribution in [0.3, 0.4) is 0 Å². The van der Waals surface area contributed by atoms with E-state index in [9.17, 15) is 21.9 Å². The third kappa shape index (κ3) is 4.12. The van der Waals surface area contributed by atoms with Gasteiger partial charge >= 0.3 is 0 Å². The van der Waals surface area contributed by atoms with Gasteiger partial charge < -0.3 is 10.2 Å². The van der Waals surface area contributed by atoms with Gasteiger partial charge in [0.1, 0.15) is 0 Å². The molecule has 2 rings (SSSR count). The lowest BCUT2D eigenvalue weighted by molar-refractivity contribution is 0.0730. The zero-order valence-electron chi connectivity index (χ0n) is 12.7. The molecular formula is C14H18N2O6S2. The molecule has 2 N–H and O–H groups in total. The van der Waals surface area contributed by atoms with E-state index >= 15 is 0 Å². The largest absolute Gasteiger partial charge is 0.394 e. The molecule has 1 fully saturated rings. The summed E-state index contributed by atoms with van der Waals surface area (Å²) in [7, 11) is -7.47. The summed E-state index contributed by atoms with van der Waals surface area (Å²) in [5.74, 6) is -0.459. The molecule has 1 aliphatic heterocycles. The molecule has 0 aromatic heterocycles. The van der Waals surface area contributed by atoms with E-state index in [0.29, 0.717) is 0 Å². The highest BCUT2D eigenvalue weighted by atomic mass is 32.2. The van der Waals surface area contributed by atoms with Crippen LogP contribution in [0.2, 0.25) is 0 Å². The van der Waals surface area contributed by atoms with E-state index in [1.54, 1.807) is 0 Å². The van der Waals surface area contributed by atoms with E-state index < -0.39 is 45.2 Å². The second kappa shape index (κ2) is 7.16. The van der Waals surface area contributed by atoms with Crippen LogP contribution in [0.4, 0.5) is 0 Å². The fourth-order valence-electron chi connectivity index (χ4n) is 2.57. The average molecular weight is 374 g/mol. The van der Waals surface area contributed by atoms with Crippen molar-refractivity contribution in [3.63, 3.8) is 0 Å². The van der Waals surface area contributed by atoms with Crippen molar-refractivity contribution in [1.29, 1.82) is 5.26 Å². The van der Waals surface area contributed by atoms with Crippen LogP contribution < -0.4 is 0 Å². The topological polar surface area (TPSA) is 136 Å². The van der Waals surface area contributed by atoms with Crippen molar-refractivity contribution < 1.29 is 27.0 Å². The quantitative estimate of drug-likeness (QED) is 0.658. The summed E-state index contributed by atoms with van der Waals surface area (Å²) in [6.45, 7) is -1.07. The van der Waals surface area contributed by atoms with Crippen molar-refractivity contribution in [1.82, 2.24) is 4.31 Å². The summed E-state index contributed by atoms with van der Waals surface area (Å²) >= 11 is 0. The Bertz CT molecular complexity index is 844. The van der Waals surface area contributed by atoms with Gasteiger partial charge in [-0.15, -0.1) is 0 Å². The van der Waals surface area contributed by atoms with Crippen molar-refractivity contribution in [2.75, 3.05) is 24.7 Å². The average Bonchev–Trinajstić information content (AvgIpc) is 2.91. The van der Waals surface area contributed by atoms with Crippen LogP contribution in [0.25, 0.3) is 0 Å². The number of sulfone groups is 1. The number of hydrogen-bond acceptors (Lipinski definition) is 7. The Balaban J connectivity index is 2.43. The maximum atomic E-state index is 12.9. The smallest absolute Gasteiger partial charge is 0.243 e. The zero-order valence-corrected chi connectivity index (χ0v) is 14.4. The molecule has 0 spiro atoms. The van der Waals surface area contributed by atoms with E-state index in [1.807, 2.05) is 6.07 Å². The third-order valence-electron chi connectivity index (χ3n) is 3.79. The lowest BCUT2D eigenvalue weighted by Crippen LogP contribution is -2.46. The first-order valence-corrected chi connectivity index (χ1v) is 10.5. The molecule has 1 aromatic rings. The van der Waals surface area contributed by atoms with Crippen LogP contribution in [0.5, 0.6) is 0 Å². The molecule has 1 aliphatic rings. The molecule has 24 heavy (non-hydrogen) atoms. The van der Waals surface area contributed by atoms with E-state index in [2.05, 4.69) is 0 Å². The molecule has 1 heterocycles. The maximum Gasteiger partial charge on any atom is 0.243 e. The van der Waals surface area contributed by atoms with Gasteiger partial charge in [0.05, 0.1) is 40.7 Å². The maximum absolute atomic E-state index is 12.9. The van der Waals surface area contributed by atoms with E-state index in [1.165, 1.54) is 24.3 Å². The van der Waals surface area contributed by atoms with Gasteiger partial charge in [0.2, 0.25) is 10.0 Å². The number of rotatable bonds is 6. The molecule has 8 nitrogen and oxygen atoms in total. The highest BCUT2D eigenvalue weighted by Gasteiger charge is 2.39. The highest BCUT2D eigenvalue weighted by Crippen LogP contribution is 2.25. The van der Waals surface area contributed by atoms with Gasteiger partial charge in [-0.2, -0.15) is 9.57 Å². The SMILES string of the molecule is N#Cc1cccc(S(=O)(=O)N(C[C@H](O)CO)[C@H]2CCS(=O)(=O)C2)c1. The van der Waals surface area contributed by atoms with Gasteiger partial charge in [0.25, 0.3) is 0 Å². The molecule has 0 radical (unpaired) electrons. The number of nitriles is 1. The van der Waals surface area contributed by atoms with Crippen LogP contribution in [0.15, 0.2) is 29.2 Å². The van der Waals surface area contributed by atoms with E-state index in [-0.39, 0.29) is 28.4 Å². The molecule has 10 heteroatoms. The van der Waals surface area contributed by atoms with Crippen LogP contribution in [0.1, 0.15) is 12.0 Å². The highest BCUT2D eigenvalue weighted by molar-refractivity contribution is 7.92. The lowest BCUT2D eigenvalue weighted by Gasteiger charge is -2.29. The van der Waals surface area contributed by atoms with Crippen molar-refractivity contribution in [3.05, 3.63) is 29.8 Å². The molecule has 2 atom stereocenters. The standard InChI is InChI=1S/C14H18N2O6S2/c15-7-11-2-1-3-14(6-11)24(21,22)16(8-13(18)9-17)12-4-5-23(19,20)10-12/h1-3,6,12-13,17-18H,4-5,8-10H2/t12-,13-/m0/s1. The minimum atomic E-state index is -4.13. The molecule has 1 aromatic carbocycles. The predicted octanol–water partition coefficient (Wildman–Crippen LogP) is -0.911. The molecule has 1 saturated heterocycles. The van der Waals surface area contributed by atoms with Crippen molar-refractivity contribution in [2.45, 2.75) is 23.5 Å². The Morgan fingerprint density at radius 3 is 2.67 bits per heavy atom. The number of aliphatic hydroxyl groups is 2. The second-order valence-electron chi connectivity index (χ2n) is 5.61. The number of nitrogens with zero attached hydrogens (tertiary/aromatic N) is 2. The van der Waals surface area contributed by atoms with E-state index in [4.69, 9.17) is 10.4 Å². The lowest BCUT2D eigenvalue weighted by atomic mass is 10.2. The molecule has 0 aliphatic carbocycles. The number of aliphatic hydroxyl groups excluding tert-OH is 2. The van der Waals surface area contributed by atoms with Gasteiger partial charge in [-0.3, -0.25) is 0 Å². The van der Waals surface area contributed by atoms with Crippen LogP contribution in [-0.2, 0) is 19.9 Å². The zero-order chi connectivity index (χ0) is 18.0. The van der Waals surface area contributed by atoms with Crippen LogP contribution in [0, 0.1) is 11.3 Å². The van der Waals surface area contributed by atoms with Gasteiger partial charge in [0, 0.05) is 12.6 Å². The normalized spacial score (nSPS) is 21.5. The third-order valence-corrected chi connectivity index (χ3v) is 7.45. The van der Waals surface area contributed by atoms with Crippen molar-refractivity contribution >= 4 is 19.9 Å². The minimum absolute atomic E-state index is 0.123. The first-order valence-electron chi connectivity index (χ1n) is 7.21. The number of benzene rings is 1. The monoisotopic (exact) mass is 374 g/mol. The van der Waals surface area contributed by atoms with Gasteiger partial charge in [0.15, 0.2) is 9.84 Å². The number of hydrogen-bond donors (Lipinski definition) is 2. The second-order valence-corrected chi connectivity index (χ2v) is 9.73. The number of sulfonamides is 1. The Morgan fingerprint density at radius 1 is 1.42 bits per heavy atom. The molecule has 0 unspecified atom stereocenters. The molecular weight excluding hydrogens is 356 g/mol. The first kappa shape index (κ1) is 18.8. The van der Waals surface area contributed by atoms with Gasteiger partial charge in [-0.05, 0) is 24.6 Å². The Labute approximate surface area is 140 Å². The van der Waals surface area contributed by atoms with Gasteiger partial charge in [-0.1, -0.05) is 6.07 Å². The summed E-state index contributed by atoms with van der Waals surface area (Å²) in [6.07, 6.45) is -1.21. The Hall–Kier alpha value is -1.51. The van der Waals surface area contributed by atoms with Crippen molar-refractivity contribution in [2.24, 2.45) is 0 Å². The Kier molecular flexibility index (Phi) is 5.62. The van der Waals surface area contributed by atoms with Crippen LogP contribution in [-0.4, -0.2) is 68.2 Å². The fourth-order valence-corrected chi connectivity index (χ4v) is 6.14. The summed E-state index contributed by atoms with van der Waals surface area (Å²) < 4.78 is 50.0. The fraction of sp³-hybridized carbons (Fsp3) is 0.500. The first-order chi connectivity index (χ1) is 11.2. The molecule has 0 amide bonds. The summed E-state index contributed by atoms with van der Waals surface area (Å²) in [5.41, 5.74) is 0.151. The summed E-state index contributed by atoms with van der Waals surface area (Å²) in [5, 5.41) is 27.6. The predicted molar refractivity (Wildman–Crippen MR) is 85.2 cm³/mol.